The van der Waals surface area contributed by atoms with Crippen LogP contribution >= 0.6 is 0 Å². The zero-order valence-electron chi connectivity index (χ0n) is 15.2. The van der Waals surface area contributed by atoms with Crippen LogP contribution in [0, 0.1) is 10.1 Å². The van der Waals surface area contributed by atoms with Crippen LogP contribution in [0.5, 0.6) is 0 Å². The molecule has 0 atom stereocenters. The standard InChI is InChI=1S/C20H31NO4/c1-2-3-4-13-16-19(21(24)25)17-14-11-9-7-5-6-8-10-12-15-18-20(22)23/h5,7-8,10-11,14,16H,2-4,6,9,12-13,15,17-18H2,1H3,(H,22,23)/b7-5-,10-8-,14-11-,19-16+. The van der Waals surface area contributed by atoms with Gasteiger partial charge in [-0.1, -0.05) is 56.2 Å². The Hall–Kier alpha value is -2.17. The largest absolute Gasteiger partial charge is 0.481 e. The van der Waals surface area contributed by atoms with Crippen LogP contribution in [-0.2, 0) is 4.79 Å². The summed E-state index contributed by atoms with van der Waals surface area (Å²) in [5.74, 6) is -0.754. The van der Waals surface area contributed by atoms with E-state index in [-0.39, 0.29) is 17.0 Å². The number of carbonyl (C=O) groups is 1. The monoisotopic (exact) mass is 349 g/mol. The van der Waals surface area contributed by atoms with Gasteiger partial charge in [-0.2, -0.15) is 0 Å². The van der Waals surface area contributed by atoms with E-state index in [0.29, 0.717) is 12.8 Å². The average molecular weight is 349 g/mol. The Balaban J connectivity index is 3.88. The van der Waals surface area contributed by atoms with Crippen molar-refractivity contribution in [1.82, 2.24) is 0 Å². The molecule has 0 aliphatic rings. The minimum atomic E-state index is -0.754. The summed E-state index contributed by atoms with van der Waals surface area (Å²) in [5, 5.41) is 19.5. The van der Waals surface area contributed by atoms with Crippen molar-refractivity contribution in [3.8, 4) is 0 Å². The fourth-order valence-electron chi connectivity index (χ4n) is 2.13. The van der Waals surface area contributed by atoms with Gasteiger partial charge in [-0.25, -0.2) is 0 Å². The minimum absolute atomic E-state index is 0.212. The molecule has 1 N–H and O–H groups in total. The second-order valence-electron chi connectivity index (χ2n) is 5.82. The Morgan fingerprint density at radius 1 is 0.960 bits per heavy atom. The van der Waals surface area contributed by atoms with Crippen molar-refractivity contribution in [3.63, 3.8) is 0 Å². The second kappa shape index (κ2) is 16.7. The zero-order chi connectivity index (χ0) is 18.8. The van der Waals surface area contributed by atoms with Crippen molar-refractivity contribution in [2.75, 3.05) is 0 Å². The number of nitro groups is 1. The Morgan fingerprint density at radius 2 is 1.60 bits per heavy atom. The predicted octanol–water partition coefficient (Wildman–Crippen LogP) is 5.82. The highest BCUT2D eigenvalue weighted by molar-refractivity contribution is 5.66. The molecule has 0 aliphatic carbocycles. The van der Waals surface area contributed by atoms with E-state index in [1.807, 2.05) is 36.5 Å². The van der Waals surface area contributed by atoms with Gasteiger partial charge in [0.1, 0.15) is 0 Å². The van der Waals surface area contributed by atoms with Crippen LogP contribution in [0.25, 0.3) is 0 Å². The first-order valence-corrected chi connectivity index (χ1v) is 9.08. The fourth-order valence-corrected chi connectivity index (χ4v) is 2.13. The van der Waals surface area contributed by atoms with Crippen molar-refractivity contribution in [2.45, 2.75) is 71.1 Å². The fraction of sp³-hybridized carbons (Fsp3) is 0.550. The van der Waals surface area contributed by atoms with Gasteiger partial charge < -0.3 is 5.11 Å². The maximum atomic E-state index is 11.0. The Bertz CT molecular complexity index is 490. The number of unbranched alkanes of at least 4 members (excludes halogenated alkanes) is 4. The number of allylic oxidation sites excluding steroid dienone is 7. The van der Waals surface area contributed by atoms with Gasteiger partial charge in [0.05, 0.1) is 11.3 Å². The summed E-state index contributed by atoms with van der Waals surface area (Å²) < 4.78 is 0. The van der Waals surface area contributed by atoms with Crippen LogP contribution in [0.4, 0.5) is 0 Å². The van der Waals surface area contributed by atoms with Gasteiger partial charge in [0.25, 0.3) is 0 Å². The molecular formula is C20H31NO4. The highest BCUT2D eigenvalue weighted by Gasteiger charge is 2.06. The lowest BCUT2D eigenvalue weighted by Crippen LogP contribution is -1.97. The van der Waals surface area contributed by atoms with Gasteiger partial charge in [0.15, 0.2) is 0 Å². The van der Waals surface area contributed by atoms with Crippen molar-refractivity contribution in [1.29, 1.82) is 0 Å². The van der Waals surface area contributed by atoms with Crippen molar-refractivity contribution >= 4 is 5.97 Å². The molecular weight excluding hydrogens is 318 g/mol. The molecule has 0 aromatic rings. The van der Waals surface area contributed by atoms with Gasteiger partial charge in [0.2, 0.25) is 5.70 Å². The van der Waals surface area contributed by atoms with Gasteiger partial charge in [0, 0.05) is 6.42 Å². The molecule has 0 aromatic heterocycles. The van der Waals surface area contributed by atoms with E-state index in [2.05, 4.69) is 6.92 Å². The third kappa shape index (κ3) is 16.5. The zero-order valence-corrected chi connectivity index (χ0v) is 15.2. The van der Waals surface area contributed by atoms with E-state index in [0.717, 1.165) is 44.9 Å². The average Bonchev–Trinajstić information content (AvgIpc) is 2.57. The molecule has 0 heterocycles. The van der Waals surface area contributed by atoms with Crippen LogP contribution in [0.15, 0.2) is 48.2 Å². The molecule has 0 bridgehead atoms. The molecule has 0 saturated carbocycles. The molecule has 5 nitrogen and oxygen atoms in total. The summed E-state index contributed by atoms with van der Waals surface area (Å²) in [7, 11) is 0. The second-order valence-corrected chi connectivity index (χ2v) is 5.82. The highest BCUT2D eigenvalue weighted by Crippen LogP contribution is 2.09. The number of hydrogen-bond acceptors (Lipinski definition) is 3. The van der Waals surface area contributed by atoms with Crippen LogP contribution in [0.1, 0.15) is 71.1 Å². The van der Waals surface area contributed by atoms with Gasteiger partial charge in [-0.15, -0.1) is 0 Å². The maximum Gasteiger partial charge on any atom is 0.303 e. The van der Waals surface area contributed by atoms with E-state index in [9.17, 15) is 14.9 Å². The maximum absolute atomic E-state index is 11.0. The molecule has 0 aromatic carbocycles. The molecule has 5 heteroatoms. The quantitative estimate of drug-likeness (QED) is 0.175. The Morgan fingerprint density at radius 3 is 2.20 bits per heavy atom. The normalized spacial score (nSPS) is 12.6. The molecule has 0 saturated heterocycles. The smallest absolute Gasteiger partial charge is 0.303 e. The summed E-state index contributed by atoms with van der Waals surface area (Å²) in [4.78, 5) is 21.0. The number of aliphatic carboxylic acids is 1. The van der Waals surface area contributed by atoms with Gasteiger partial charge >= 0.3 is 5.97 Å². The molecule has 25 heavy (non-hydrogen) atoms. The van der Waals surface area contributed by atoms with Crippen LogP contribution in [0.2, 0.25) is 0 Å². The van der Waals surface area contributed by atoms with Crippen molar-refractivity contribution in [2.24, 2.45) is 0 Å². The molecule has 140 valence electrons. The number of carboxylic acids is 1. The van der Waals surface area contributed by atoms with Crippen LogP contribution in [-0.4, -0.2) is 16.0 Å². The number of carboxylic acid groups (broad SMARTS) is 1. The first-order chi connectivity index (χ1) is 12.1. The first-order valence-electron chi connectivity index (χ1n) is 9.08. The summed E-state index contributed by atoms with van der Waals surface area (Å²) in [5.41, 5.74) is 0.278. The molecule has 0 aliphatic heterocycles. The van der Waals surface area contributed by atoms with Crippen LogP contribution in [0.3, 0.4) is 0 Å². The third-order valence-electron chi connectivity index (χ3n) is 3.55. The third-order valence-corrected chi connectivity index (χ3v) is 3.55. The molecule has 0 unspecified atom stereocenters. The lowest BCUT2D eigenvalue weighted by atomic mass is 10.1. The summed E-state index contributed by atoms with van der Waals surface area (Å²) in [6, 6.07) is 0. The predicted molar refractivity (Wildman–Crippen MR) is 102 cm³/mol. The lowest BCUT2D eigenvalue weighted by molar-refractivity contribution is -0.427. The SMILES string of the molecule is CCCCC/C=C(\C/C=C\C/C=C\C/C=C\CCCC(=O)O)[N+](=O)[O-]. The molecule has 0 rings (SSSR count). The van der Waals surface area contributed by atoms with E-state index in [4.69, 9.17) is 5.11 Å². The Labute approximate surface area is 151 Å². The van der Waals surface area contributed by atoms with Gasteiger partial charge in [-0.05, 0) is 44.6 Å². The highest BCUT2D eigenvalue weighted by atomic mass is 16.6. The molecule has 0 spiro atoms. The molecule has 0 amide bonds. The van der Waals surface area contributed by atoms with E-state index >= 15 is 0 Å². The van der Waals surface area contributed by atoms with E-state index in [1.165, 1.54) is 0 Å². The topological polar surface area (TPSA) is 80.4 Å². The van der Waals surface area contributed by atoms with Crippen LogP contribution < -0.4 is 0 Å². The molecule has 0 fully saturated rings. The Kier molecular flexibility index (Phi) is 15.2. The lowest BCUT2D eigenvalue weighted by Gasteiger charge is -1.95. The first kappa shape index (κ1) is 22.8. The number of hydrogen-bond donors (Lipinski definition) is 1. The summed E-state index contributed by atoms with van der Waals surface area (Å²) in [6.07, 6.45) is 21.2. The van der Waals surface area contributed by atoms with Crippen molar-refractivity contribution < 1.29 is 14.8 Å². The summed E-state index contributed by atoms with van der Waals surface area (Å²) >= 11 is 0. The number of rotatable bonds is 15. The van der Waals surface area contributed by atoms with E-state index in [1.54, 1.807) is 6.08 Å². The summed E-state index contributed by atoms with van der Waals surface area (Å²) in [6.45, 7) is 2.11. The minimum Gasteiger partial charge on any atom is -0.481 e. The number of nitrogens with zero attached hydrogens (tertiary/aromatic N) is 1. The molecule has 0 radical (unpaired) electrons. The van der Waals surface area contributed by atoms with E-state index < -0.39 is 5.97 Å². The van der Waals surface area contributed by atoms with Gasteiger partial charge in [-0.3, -0.25) is 14.9 Å². The van der Waals surface area contributed by atoms with Crippen molar-refractivity contribution in [3.05, 3.63) is 58.3 Å².